The zero-order valence-electron chi connectivity index (χ0n) is 18.8. The molecule has 0 saturated carbocycles. The number of aromatic nitrogens is 2. The third-order valence-electron chi connectivity index (χ3n) is 5.95. The van der Waals surface area contributed by atoms with Crippen LogP contribution in [0.4, 0.5) is 18.9 Å². The predicted molar refractivity (Wildman–Crippen MR) is 132 cm³/mol. The average Bonchev–Trinajstić information content (AvgIpc) is 3.43. The van der Waals surface area contributed by atoms with Gasteiger partial charge in [-0.3, -0.25) is 4.79 Å². The van der Waals surface area contributed by atoms with E-state index in [2.05, 4.69) is 15.9 Å². The summed E-state index contributed by atoms with van der Waals surface area (Å²) in [5.41, 5.74) is 7.77. The summed E-state index contributed by atoms with van der Waals surface area (Å²) in [5, 5.41) is 4.70. The number of hydrogen-bond acceptors (Lipinski definition) is 4. The van der Waals surface area contributed by atoms with Gasteiger partial charge in [-0.2, -0.15) is 5.10 Å². The zero-order chi connectivity index (χ0) is 25.4. The topological polar surface area (TPSA) is 73.4 Å². The number of nitrogens with two attached hydrogens (primary N) is 1. The quantitative estimate of drug-likeness (QED) is 0.323. The number of rotatable bonds is 6. The van der Waals surface area contributed by atoms with Gasteiger partial charge in [0.2, 0.25) is 0 Å². The third kappa shape index (κ3) is 4.74. The summed E-state index contributed by atoms with van der Waals surface area (Å²) < 4.78 is 50.6. The molecule has 0 aliphatic carbocycles. The molecule has 0 spiro atoms. The monoisotopic (exact) mass is 556 g/mol. The van der Waals surface area contributed by atoms with E-state index in [1.54, 1.807) is 23.0 Å². The Balaban J connectivity index is 1.51. The molecule has 184 valence electrons. The van der Waals surface area contributed by atoms with Crippen LogP contribution < -0.4 is 5.73 Å². The van der Waals surface area contributed by atoms with Gasteiger partial charge in [-0.15, -0.1) is 0 Å². The van der Waals surface area contributed by atoms with Gasteiger partial charge in [-0.05, 0) is 67.1 Å². The second-order valence-corrected chi connectivity index (χ2v) is 9.24. The number of ether oxygens (including phenoxy) is 1. The predicted octanol–water partition coefficient (Wildman–Crippen LogP) is 5.40. The average molecular weight is 557 g/mol. The summed E-state index contributed by atoms with van der Waals surface area (Å²) in [6.07, 6.45) is 0.820. The highest BCUT2D eigenvalue weighted by Crippen LogP contribution is 2.35. The molecule has 1 aliphatic heterocycles. The number of carbonyl (C=O) groups is 1. The Kier molecular flexibility index (Phi) is 6.55. The van der Waals surface area contributed by atoms with E-state index in [1.807, 2.05) is 24.3 Å². The molecule has 5 rings (SSSR count). The summed E-state index contributed by atoms with van der Waals surface area (Å²) in [5.74, 6) is -2.26. The van der Waals surface area contributed by atoms with Gasteiger partial charge in [0.15, 0.2) is 6.23 Å². The summed E-state index contributed by atoms with van der Waals surface area (Å²) >= 11 is 3.41. The van der Waals surface area contributed by atoms with Gasteiger partial charge in [-0.1, -0.05) is 15.9 Å². The van der Waals surface area contributed by atoms with Gasteiger partial charge >= 0.3 is 0 Å². The van der Waals surface area contributed by atoms with Crippen LogP contribution in [0.3, 0.4) is 0 Å². The van der Waals surface area contributed by atoms with Crippen LogP contribution in [0.1, 0.15) is 17.4 Å². The number of nitrogens with zero attached hydrogens (tertiary/aromatic N) is 3. The Hall–Kier alpha value is -3.63. The molecule has 1 unspecified atom stereocenters. The van der Waals surface area contributed by atoms with Crippen molar-refractivity contribution in [2.45, 2.75) is 12.6 Å². The summed E-state index contributed by atoms with van der Waals surface area (Å²) in [7, 11) is 0. The van der Waals surface area contributed by atoms with Crippen molar-refractivity contribution in [3.63, 3.8) is 0 Å². The molecule has 1 aromatic heterocycles. The van der Waals surface area contributed by atoms with E-state index >= 15 is 0 Å². The van der Waals surface area contributed by atoms with Crippen LogP contribution in [0.25, 0.3) is 16.9 Å². The van der Waals surface area contributed by atoms with E-state index in [1.165, 1.54) is 17.0 Å². The lowest BCUT2D eigenvalue weighted by molar-refractivity contribution is -0.128. The second kappa shape index (κ2) is 9.79. The molecule has 1 fully saturated rings. The number of nitrogen functional groups attached to an aromatic ring is 1. The molecule has 4 aromatic rings. The Labute approximate surface area is 213 Å². The van der Waals surface area contributed by atoms with Crippen LogP contribution in [0, 0.1) is 17.5 Å². The summed E-state index contributed by atoms with van der Waals surface area (Å²) in [6, 6.07) is 15.4. The lowest BCUT2D eigenvalue weighted by atomic mass is 10.1. The molecule has 1 aliphatic rings. The second-order valence-electron chi connectivity index (χ2n) is 8.32. The van der Waals surface area contributed by atoms with Gasteiger partial charge < -0.3 is 15.4 Å². The number of anilines is 1. The minimum atomic E-state index is -0.846. The first-order valence-electron chi connectivity index (χ1n) is 11.1. The van der Waals surface area contributed by atoms with Crippen molar-refractivity contribution in [1.29, 1.82) is 0 Å². The molecule has 1 atom stereocenters. The highest BCUT2D eigenvalue weighted by Gasteiger charge is 2.36. The van der Waals surface area contributed by atoms with Crippen molar-refractivity contribution < 1.29 is 22.7 Å². The van der Waals surface area contributed by atoms with Crippen molar-refractivity contribution in [2.24, 2.45) is 0 Å². The van der Waals surface area contributed by atoms with Gasteiger partial charge in [0.1, 0.15) is 29.8 Å². The number of halogens is 4. The number of hydrogen-bond donors (Lipinski definition) is 1. The van der Waals surface area contributed by atoms with E-state index < -0.39 is 23.7 Å². The fourth-order valence-electron chi connectivity index (χ4n) is 4.17. The zero-order valence-corrected chi connectivity index (χ0v) is 20.4. The minimum Gasteiger partial charge on any atom is -0.399 e. The number of carbonyl (C=O) groups excluding carboxylic acids is 1. The lowest BCUT2D eigenvalue weighted by Gasteiger charge is -2.23. The van der Waals surface area contributed by atoms with Crippen molar-refractivity contribution in [2.75, 3.05) is 18.9 Å². The number of amides is 1. The first-order chi connectivity index (χ1) is 17.3. The van der Waals surface area contributed by atoms with E-state index in [4.69, 9.17) is 15.6 Å². The fourth-order valence-corrected chi connectivity index (χ4v) is 4.44. The van der Waals surface area contributed by atoms with Gasteiger partial charge in [0.25, 0.3) is 5.91 Å². The molecule has 0 bridgehead atoms. The highest BCUT2D eigenvalue weighted by atomic mass is 79.9. The standard InChI is InChI=1S/C26H20BrF3N4O2/c27-16-3-7-19(8-4-16)34-13-21(25(32-34)15-1-5-17(28)6-2-15)26-33(24(35)14-36-26)10-9-20-22(29)11-18(31)12-23(20)30/h1-8,11-13,26H,9-10,14,31H2. The van der Waals surface area contributed by atoms with Crippen molar-refractivity contribution in [3.05, 3.63) is 99.9 Å². The van der Waals surface area contributed by atoms with Crippen LogP contribution in [-0.4, -0.2) is 33.7 Å². The first-order valence-corrected chi connectivity index (χ1v) is 11.9. The van der Waals surface area contributed by atoms with Crippen LogP contribution >= 0.6 is 15.9 Å². The SMILES string of the molecule is Nc1cc(F)c(CCN2C(=O)COC2c2cn(-c3ccc(Br)cc3)nc2-c2ccc(F)cc2)c(F)c1. The fraction of sp³-hybridized carbons (Fsp3) is 0.154. The normalized spacial score (nSPS) is 15.6. The molecule has 36 heavy (non-hydrogen) atoms. The summed E-state index contributed by atoms with van der Waals surface area (Å²) in [4.78, 5) is 14.1. The highest BCUT2D eigenvalue weighted by molar-refractivity contribution is 9.10. The van der Waals surface area contributed by atoms with Gasteiger partial charge in [0, 0.05) is 39.6 Å². The van der Waals surface area contributed by atoms with E-state index in [-0.39, 0.29) is 36.7 Å². The van der Waals surface area contributed by atoms with Crippen LogP contribution in [0.5, 0.6) is 0 Å². The van der Waals surface area contributed by atoms with E-state index in [0.717, 1.165) is 22.3 Å². The van der Waals surface area contributed by atoms with Crippen molar-refractivity contribution >= 4 is 27.5 Å². The van der Waals surface area contributed by atoms with Crippen LogP contribution in [0.15, 0.2) is 71.3 Å². The van der Waals surface area contributed by atoms with Crippen molar-refractivity contribution in [1.82, 2.24) is 14.7 Å². The molecule has 6 nitrogen and oxygen atoms in total. The Morgan fingerprint density at radius 2 is 1.69 bits per heavy atom. The molecule has 3 aromatic carbocycles. The largest absolute Gasteiger partial charge is 0.399 e. The molecule has 1 saturated heterocycles. The first kappa shape index (κ1) is 24.1. The maximum absolute atomic E-state index is 14.3. The molecular formula is C26H20BrF3N4O2. The molecule has 0 radical (unpaired) electrons. The van der Waals surface area contributed by atoms with Crippen molar-refractivity contribution in [3.8, 4) is 16.9 Å². The summed E-state index contributed by atoms with van der Waals surface area (Å²) in [6.45, 7) is -0.183. The molecular weight excluding hydrogens is 537 g/mol. The molecule has 1 amide bonds. The van der Waals surface area contributed by atoms with E-state index in [0.29, 0.717) is 16.8 Å². The Morgan fingerprint density at radius 1 is 1.03 bits per heavy atom. The molecule has 2 heterocycles. The maximum Gasteiger partial charge on any atom is 0.250 e. The molecule has 2 N–H and O–H groups in total. The third-order valence-corrected chi connectivity index (χ3v) is 6.48. The van der Waals surface area contributed by atoms with Gasteiger partial charge in [0.05, 0.1) is 5.69 Å². The Morgan fingerprint density at radius 3 is 2.36 bits per heavy atom. The van der Waals surface area contributed by atoms with E-state index in [9.17, 15) is 18.0 Å². The van der Waals surface area contributed by atoms with Crippen LogP contribution in [0.2, 0.25) is 0 Å². The molecule has 10 heteroatoms. The Bertz CT molecular complexity index is 1400. The minimum absolute atomic E-state index is 0.00752. The lowest BCUT2D eigenvalue weighted by Crippen LogP contribution is -2.31. The smallest absolute Gasteiger partial charge is 0.250 e. The maximum atomic E-state index is 14.3. The van der Waals surface area contributed by atoms with Gasteiger partial charge in [-0.25, -0.2) is 17.9 Å². The van der Waals surface area contributed by atoms with Crippen LogP contribution in [-0.2, 0) is 16.0 Å². The number of benzene rings is 3.